The lowest BCUT2D eigenvalue weighted by atomic mass is 10.1. The van der Waals surface area contributed by atoms with Gasteiger partial charge in [-0.15, -0.1) is 0 Å². The molecule has 1 aliphatic carbocycles. The van der Waals surface area contributed by atoms with Gasteiger partial charge < -0.3 is 5.32 Å². The summed E-state index contributed by atoms with van der Waals surface area (Å²) in [5.41, 5.74) is 1.71. The van der Waals surface area contributed by atoms with E-state index in [4.69, 9.17) is 0 Å². The van der Waals surface area contributed by atoms with E-state index >= 15 is 0 Å². The maximum atomic E-state index is 13.2. The van der Waals surface area contributed by atoms with Gasteiger partial charge in [0.25, 0.3) is 5.91 Å². The molecular formula is C20H22N2O4S. The Morgan fingerprint density at radius 2 is 1.74 bits per heavy atom. The summed E-state index contributed by atoms with van der Waals surface area (Å²) in [6.07, 6.45) is 1.64. The van der Waals surface area contributed by atoms with E-state index in [1.165, 1.54) is 23.4 Å². The van der Waals surface area contributed by atoms with Crippen LogP contribution in [0.15, 0.2) is 53.4 Å². The van der Waals surface area contributed by atoms with Gasteiger partial charge in [-0.1, -0.05) is 24.3 Å². The fourth-order valence-corrected chi connectivity index (χ4v) is 4.59. The Labute approximate surface area is 159 Å². The monoisotopic (exact) mass is 386 g/mol. The highest BCUT2D eigenvalue weighted by molar-refractivity contribution is 7.89. The standard InChI is InChI=1S/C20H22N2O4S/c1-14(23)17-4-3-5-19(12-17)27(25,26)22(18-10-11-18)13-15-6-8-16(9-7-15)20(24)21-2/h3-9,12,18H,10-11,13H2,1-2H3,(H,21,24). The number of amides is 1. The molecule has 1 N–H and O–H groups in total. The zero-order valence-electron chi connectivity index (χ0n) is 15.3. The molecule has 0 spiro atoms. The minimum Gasteiger partial charge on any atom is -0.355 e. The molecule has 0 saturated heterocycles. The number of rotatable bonds is 7. The second-order valence-corrected chi connectivity index (χ2v) is 8.53. The molecule has 3 rings (SSSR count). The molecule has 1 amide bonds. The van der Waals surface area contributed by atoms with Gasteiger partial charge in [0.05, 0.1) is 4.90 Å². The van der Waals surface area contributed by atoms with Crippen LogP contribution in [0.4, 0.5) is 0 Å². The number of carbonyl (C=O) groups excluding carboxylic acids is 2. The molecule has 27 heavy (non-hydrogen) atoms. The predicted molar refractivity (Wildman–Crippen MR) is 102 cm³/mol. The summed E-state index contributed by atoms with van der Waals surface area (Å²) in [6, 6.07) is 13.0. The fourth-order valence-electron chi connectivity index (χ4n) is 2.87. The van der Waals surface area contributed by atoms with E-state index < -0.39 is 10.0 Å². The van der Waals surface area contributed by atoms with Gasteiger partial charge in [-0.2, -0.15) is 4.31 Å². The third-order valence-corrected chi connectivity index (χ3v) is 6.48. The zero-order chi connectivity index (χ0) is 19.6. The first-order chi connectivity index (χ1) is 12.8. The number of nitrogens with zero attached hydrogens (tertiary/aromatic N) is 1. The summed E-state index contributed by atoms with van der Waals surface area (Å²) in [4.78, 5) is 23.4. The van der Waals surface area contributed by atoms with Gasteiger partial charge in [0.1, 0.15) is 0 Å². The molecule has 1 fully saturated rings. The van der Waals surface area contributed by atoms with Gasteiger partial charge in [0, 0.05) is 30.8 Å². The first-order valence-corrected chi connectivity index (χ1v) is 10.2. The quantitative estimate of drug-likeness (QED) is 0.742. The van der Waals surface area contributed by atoms with E-state index in [2.05, 4.69) is 5.32 Å². The lowest BCUT2D eigenvalue weighted by molar-refractivity contribution is 0.0961. The molecule has 0 heterocycles. The van der Waals surface area contributed by atoms with E-state index in [1.807, 2.05) is 0 Å². The van der Waals surface area contributed by atoms with Crippen LogP contribution in [0.25, 0.3) is 0 Å². The van der Waals surface area contributed by atoms with Gasteiger partial charge in [0.15, 0.2) is 5.78 Å². The first-order valence-electron chi connectivity index (χ1n) is 8.77. The Kier molecular flexibility index (Phi) is 5.43. The summed E-state index contributed by atoms with van der Waals surface area (Å²) in [7, 11) is -2.16. The molecule has 2 aromatic carbocycles. The highest BCUT2D eigenvalue weighted by Crippen LogP contribution is 2.33. The van der Waals surface area contributed by atoms with Gasteiger partial charge >= 0.3 is 0 Å². The Morgan fingerprint density at radius 1 is 1.07 bits per heavy atom. The van der Waals surface area contributed by atoms with Gasteiger partial charge in [-0.05, 0) is 49.6 Å². The van der Waals surface area contributed by atoms with Crippen molar-refractivity contribution >= 4 is 21.7 Å². The van der Waals surface area contributed by atoms with E-state index in [0.717, 1.165) is 18.4 Å². The molecular weight excluding hydrogens is 364 g/mol. The summed E-state index contributed by atoms with van der Waals surface area (Å²) in [5.74, 6) is -0.357. The van der Waals surface area contributed by atoms with Crippen LogP contribution in [0.3, 0.4) is 0 Å². The van der Waals surface area contributed by atoms with E-state index in [9.17, 15) is 18.0 Å². The fraction of sp³-hybridized carbons (Fsp3) is 0.300. The molecule has 0 unspecified atom stereocenters. The summed E-state index contributed by atoms with van der Waals surface area (Å²) in [5, 5.41) is 2.56. The smallest absolute Gasteiger partial charge is 0.251 e. The number of benzene rings is 2. The predicted octanol–water partition coefficient (Wildman–Crippen LogP) is 2.60. The SMILES string of the molecule is CNC(=O)c1ccc(CN(C2CC2)S(=O)(=O)c2cccc(C(C)=O)c2)cc1. The molecule has 142 valence electrons. The second-order valence-electron chi connectivity index (χ2n) is 6.64. The number of ketones is 1. The van der Waals surface area contributed by atoms with Crippen molar-refractivity contribution < 1.29 is 18.0 Å². The number of sulfonamides is 1. The maximum absolute atomic E-state index is 13.2. The molecule has 0 radical (unpaired) electrons. The van der Waals surface area contributed by atoms with E-state index in [1.54, 1.807) is 43.4 Å². The number of Topliss-reactive ketones (excluding diaryl/α,β-unsaturated/α-hetero) is 1. The van der Waals surface area contributed by atoms with Gasteiger partial charge in [-0.25, -0.2) is 8.42 Å². The molecule has 6 nitrogen and oxygen atoms in total. The third kappa shape index (κ3) is 4.26. The van der Waals surface area contributed by atoms with Crippen molar-refractivity contribution in [2.75, 3.05) is 7.05 Å². The highest BCUT2D eigenvalue weighted by atomic mass is 32.2. The van der Waals surface area contributed by atoms with Crippen LogP contribution in [-0.2, 0) is 16.6 Å². The lowest BCUT2D eigenvalue weighted by Gasteiger charge is -2.22. The van der Waals surface area contributed by atoms with Crippen molar-refractivity contribution in [3.05, 3.63) is 65.2 Å². The van der Waals surface area contributed by atoms with Gasteiger partial charge in [0.2, 0.25) is 10.0 Å². The molecule has 0 atom stereocenters. The van der Waals surface area contributed by atoms with Crippen LogP contribution in [0.5, 0.6) is 0 Å². The highest BCUT2D eigenvalue weighted by Gasteiger charge is 2.38. The molecule has 7 heteroatoms. The van der Waals surface area contributed by atoms with Crippen molar-refractivity contribution in [2.45, 2.75) is 37.2 Å². The van der Waals surface area contributed by atoms with Crippen LogP contribution in [0.2, 0.25) is 0 Å². The van der Waals surface area contributed by atoms with Crippen molar-refractivity contribution in [1.29, 1.82) is 0 Å². The molecule has 1 saturated carbocycles. The van der Waals surface area contributed by atoms with Crippen LogP contribution < -0.4 is 5.32 Å². The molecule has 0 aromatic heterocycles. The molecule has 1 aliphatic rings. The van der Waals surface area contributed by atoms with Crippen molar-refractivity contribution in [1.82, 2.24) is 9.62 Å². The Bertz CT molecular complexity index is 964. The largest absolute Gasteiger partial charge is 0.355 e. The Morgan fingerprint density at radius 3 is 2.30 bits per heavy atom. The summed E-state index contributed by atoms with van der Waals surface area (Å²) in [6.45, 7) is 1.64. The molecule has 0 bridgehead atoms. The van der Waals surface area contributed by atoms with Crippen molar-refractivity contribution in [2.24, 2.45) is 0 Å². The third-order valence-electron chi connectivity index (χ3n) is 4.58. The second kappa shape index (κ2) is 7.62. The summed E-state index contributed by atoms with van der Waals surface area (Å²) >= 11 is 0. The van der Waals surface area contributed by atoms with Crippen LogP contribution in [-0.4, -0.2) is 37.5 Å². The van der Waals surface area contributed by atoms with E-state index in [0.29, 0.717) is 11.1 Å². The average Bonchev–Trinajstić information content (AvgIpc) is 3.50. The molecule has 2 aromatic rings. The molecule has 0 aliphatic heterocycles. The number of nitrogens with one attached hydrogen (secondary N) is 1. The lowest BCUT2D eigenvalue weighted by Crippen LogP contribution is -2.32. The van der Waals surface area contributed by atoms with Crippen molar-refractivity contribution in [3.8, 4) is 0 Å². The minimum absolute atomic E-state index is 0.0328. The van der Waals surface area contributed by atoms with Crippen molar-refractivity contribution in [3.63, 3.8) is 0 Å². The van der Waals surface area contributed by atoms with Crippen LogP contribution >= 0.6 is 0 Å². The Balaban J connectivity index is 1.88. The van der Waals surface area contributed by atoms with Gasteiger partial charge in [-0.3, -0.25) is 9.59 Å². The topological polar surface area (TPSA) is 83.6 Å². The number of hydrogen-bond donors (Lipinski definition) is 1. The number of carbonyl (C=O) groups is 2. The van der Waals surface area contributed by atoms with Crippen LogP contribution in [0.1, 0.15) is 46.0 Å². The van der Waals surface area contributed by atoms with Crippen LogP contribution in [0, 0.1) is 0 Å². The average molecular weight is 386 g/mol. The zero-order valence-corrected chi connectivity index (χ0v) is 16.1. The summed E-state index contributed by atoms with van der Waals surface area (Å²) < 4.78 is 27.8. The minimum atomic E-state index is -3.72. The maximum Gasteiger partial charge on any atom is 0.251 e. The number of hydrogen-bond acceptors (Lipinski definition) is 4. The Hall–Kier alpha value is -2.51. The first kappa shape index (κ1) is 19.3. The normalized spacial score (nSPS) is 14.2. The van der Waals surface area contributed by atoms with E-state index in [-0.39, 0.29) is 29.2 Å².